The Kier molecular flexibility index (Phi) is 4.36. The maximum Gasteiger partial charge on any atom is 0.0543 e. The fraction of sp³-hybridized carbons (Fsp3) is 0.684. The second-order valence-electron chi connectivity index (χ2n) is 7.06. The Balaban J connectivity index is 1.57. The quantitative estimate of drug-likeness (QED) is 0.763. The summed E-state index contributed by atoms with van der Waals surface area (Å²) in [5.74, 6) is 2.04. The molecule has 2 nitrogen and oxygen atoms in total. The lowest BCUT2D eigenvalue weighted by atomic mass is 9.89. The number of para-hydroxylation sites is 1. The van der Waals surface area contributed by atoms with Crippen LogP contribution < -0.4 is 4.90 Å². The number of nitrogens with zero attached hydrogens (tertiary/aromatic N) is 2. The van der Waals surface area contributed by atoms with Gasteiger partial charge < -0.3 is 9.80 Å². The molecule has 1 aromatic rings. The topological polar surface area (TPSA) is 6.48 Å². The van der Waals surface area contributed by atoms with Crippen molar-refractivity contribution in [3.63, 3.8) is 0 Å². The summed E-state index contributed by atoms with van der Waals surface area (Å²) in [5, 5.41) is 0. The van der Waals surface area contributed by atoms with Crippen molar-refractivity contribution in [2.75, 3.05) is 36.8 Å². The lowest BCUT2D eigenvalue weighted by Gasteiger charge is -2.39. The highest BCUT2D eigenvalue weighted by Gasteiger charge is 2.42. The van der Waals surface area contributed by atoms with E-state index in [-0.39, 0.29) is 0 Å². The van der Waals surface area contributed by atoms with Crippen molar-refractivity contribution in [3.8, 4) is 0 Å². The maximum absolute atomic E-state index is 2.78. The summed E-state index contributed by atoms with van der Waals surface area (Å²) in [7, 11) is 0. The van der Waals surface area contributed by atoms with Crippen LogP contribution in [0.25, 0.3) is 0 Å². The van der Waals surface area contributed by atoms with Gasteiger partial charge in [0.25, 0.3) is 0 Å². The highest BCUT2D eigenvalue weighted by atomic mass is 32.2. The first-order valence-electron chi connectivity index (χ1n) is 9.13. The molecule has 0 spiro atoms. The first-order chi connectivity index (χ1) is 10.9. The molecule has 0 aromatic heterocycles. The van der Waals surface area contributed by atoms with Gasteiger partial charge in [-0.25, -0.2) is 0 Å². The Morgan fingerprint density at radius 2 is 2.18 bits per heavy atom. The molecule has 3 aliphatic heterocycles. The number of hydrogen-bond acceptors (Lipinski definition) is 3. The predicted octanol–water partition coefficient (Wildman–Crippen LogP) is 4.35. The summed E-state index contributed by atoms with van der Waals surface area (Å²) in [4.78, 5) is 7.05. The summed E-state index contributed by atoms with van der Waals surface area (Å²) >= 11 is 2.08. The van der Waals surface area contributed by atoms with E-state index < -0.39 is 0 Å². The molecule has 1 saturated heterocycles. The van der Waals surface area contributed by atoms with Crippen molar-refractivity contribution in [2.24, 2.45) is 0 Å². The van der Waals surface area contributed by atoms with Crippen LogP contribution in [0.2, 0.25) is 0 Å². The molecule has 4 rings (SSSR count). The Morgan fingerprint density at radius 3 is 3.09 bits per heavy atom. The number of piperidine rings is 1. The first-order valence-corrected chi connectivity index (χ1v) is 10.1. The molecule has 0 bridgehead atoms. The largest absolute Gasteiger partial charge is 0.367 e. The van der Waals surface area contributed by atoms with Crippen LogP contribution in [-0.4, -0.2) is 42.9 Å². The van der Waals surface area contributed by atoms with Gasteiger partial charge in [0, 0.05) is 36.5 Å². The standard InChI is InChI=1S/C19H28N2S/c1-2-3-4-10-20-12-9-17-16(14-20)15-7-5-8-18-19(15)21(17)11-6-13-22-18/h5,7-8,16-17H,2-4,6,9-14H2,1H3/t16-,17-/m1/s1. The van der Waals surface area contributed by atoms with E-state index in [0.29, 0.717) is 0 Å². The highest BCUT2D eigenvalue weighted by Crippen LogP contribution is 2.50. The van der Waals surface area contributed by atoms with E-state index in [1.807, 2.05) is 0 Å². The summed E-state index contributed by atoms with van der Waals surface area (Å²) in [6.45, 7) is 7.47. The normalized spacial score (nSPS) is 27.4. The van der Waals surface area contributed by atoms with Crippen molar-refractivity contribution < 1.29 is 0 Å². The van der Waals surface area contributed by atoms with Crippen LogP contribution >= 0.6 is 11.8 Å². The highest BCUT2D eigenvalue weighted by molar-refractivity contribution is 7.99. The van der Waals surface area contributed by atoms with Crippen molar-refractivity contribution in [1.29, 1.82) is 0 Å². The van der Waals surface area contributed by atoms with Crippen LogP contribution in [0.4, 0.5) is 5.69 Å². The van der Waals surface area contributed by atoms with Gasteiger partial charge in [-0.1, -0.05) is 31.9 Å². The van der Waals surface area contributed by atoms with Gasteiger partial charge in [-0.05, 0) is 43.2 Å². The zero-order valence-corrected chi connectivity index (χ0v) is 14.6. The lowest BCUT2D eigenvalue weighted by molar-refractivity contribution is 0.190. The molecular formula is C19H28N2S. The molecule has 1 aromatic carbocycles. The number of hydrogen-bond donors (Lipinski definition) is 0. The predicted molar refractivity (Wildman–Crippen MR) is 96.2 cm³/mol. The maximum atomic E-state index is 2.78. The number of thioether (sulfide) groups is 1. The Bertz CT molecular complexity index is 530. The Morgan fingerprint density at radius 1 is 1.23 bits per heavy atom. The van der Waals surface area contributed by atoms with Gasteiger partial charge >= 0.3 is 0 Å². The lowest BCUT2D eigenvalue weighted by Crippen LogP contribution is -2.46. The van der Waals surface area contributed by atoms with Crippen LogP contribution in [0.1, 0.15) is 50.5 Å². The third kappa shape index (κ3) is 2.56. The zero-order chi connectivity index (χ0) is 14.9. The van der Waals surface area contributed by atoms with Crippen molar-refractivity contribution >= 4 is 17.4 Å². The summed E-state index contributed by atoms with van der Waals surface area (Å²) in [6, 6.07) is 7.83. The van der Waals surface area contributed by atoms with Crippen molar-refractivity contribution in [1.82, 2.24) is 4.90 Å². The number of rotatable bonds is 4. The summed E-state index contributed by atoms with van der Waals surface area (Å²) in [5.41, 5.74) is 3.26. The smallest absolute Gasteiger partial charge is 0.0543 e. The monoisotopic (exact) mass is 316 g/mol. The molecule has 2 atom stereocenters. The molecule has 120 valence electrons. The zero-order valence-electron chi connectivity index (χ0n) is 13.8. The van der Waals surface area contributed by atoms with Crippen molar-refractivity contribution in [3.05, 3.63) is 23.8 Å². The molecule has 0 radical (unpaired) electrons. The van der Waals surface area contributed by atoms with Crippen LogP contribution in [0, 0.1) is 0 Å². The van der Waals surface area contributed by atoms with E-state index in [2.05, 4.69) is 46.7 Å². The number of benzene rings is 1. The van der Waals surface area contributed by atoms with Gasteiger partial charge in [-0.2, -0.15) is 0 Å². The van der Waals surface area contributed by atoms with E-state index in [1.54, 1.807) is 16.1 Å². The molecule has 0 aliphatic carbocycles. The number of fused-ring (bicyclic) bond motifs is 3. The Labute approximate surface area is 139 Å². The van der Waals surface area contributed by atoms with Crippen LogP contribution in [0.15, 0.2) is 23.1 Å². The second-order valence-corrected chi connectivity index (χ2v) is 8.20. The third-order valence-corrected chi connectivity index (χ3v) is 6.79. The van der Waals surface area contributed by atoms with Crippen LogP contribution in [-0.2, 0) is 0 Å². The minimum Gasteiger partial charge on any atom is -0.367 e. The average molecular weight is 317 g/mol. The molecule has 0 N–H and O–H groups in total. The summed E-state index contributed by atoms with van der Waals surface area (Å²) in [6.07, 6.45) is 6.78. The first kappa shape index (κ1) is 14.9. The SMILES string of the molecule is CCCCCN1CC[C@@H]2[C@H](C1)c1cccc3c1N2CCCS3. The fourth-order valence-corrected chi connectivity index (χ4v) is 5.64. The summed E-state index contributed by atoms with van der Waals surface area (Å²) < 4.78 is 0. The molecule has 0 saturated carbocycles. The fourth-order valence-electron chi connectivity index (χ4n) is 4.60. The van der Waals surface area contributed by atoms with Gasteiger partial charge in [0.1, 0.15) is 0 Å². The van der Waals surface area contributed by atoms with E-state index in [4.69, 9.17) is 0 Å². The van der Waals surface area contributed by atoms with E-state index in [0.717, 1.165) is 12.0 Å². The number of likely N-dealkylation sites (tertiary alicyclic amines) is 1. The third-order valence-electron chi connectivity index (χ3n) is 5.66. The molecule has 3 aliphatic rings. The molecule has 3 heteroatoms. The molecular weight excluding hydrogens is 288 g/mol. The average Bonchev–Trinajstić information content (AvgIpc) is 2.71. The van der Waals surface area contributed by atoms with Gasteiger partial charge in [0.2, 0.25) is 0 Å². The minimum absolute atomic E-state index is 0.754. The van der Waals surface area contributed by atoms with Crippen LogP contribution in [0.5, 0.6) is 0 Å². The van der Waals surface area contributed by atoms with Crippen molar-refractivity contribution in [2.45, 2.75) is 55.9 Å². The molecule has 0 unspecified atom stereocenters. The number of unbranched alkanes of at least 4 members (excludes halogenated alkanes) is 2. The minimum atomic E-state index is 0.754. The second kappa shape index (κ2) is 6.45. The molecule has 22 heavy (non-hydrogen) atoms. The molecule has 1 fully saturated rings. The van der Waals surface area contributed by atoms with Gasteiger partial charge in [0.15, 0.2) is 0 Å². The molecule has 3 heterocycles. The molecule has 0 amide bonds. The van der Waals surface area contributed by atoms with Gasteiger partial charge in [-0.3, -0.25) is 0 Å². The van der Waals surface area contributed by atoms with E-state index >= 15 is 0 Å². The Hall–Kier alpha value is -0.670. The number of anilines is 1. The van der Waals surface area contributed by atoms with Crippen LogP contribution in [0.3, 0.4) is 0 Å². The van der Waals surface area contributed by atoms with Gasteiger partial charge in [0.05, 0.1) is 5.69 Å². The van der Waals surface area contributed by atoms with E-state index in [1.165, 1.54) is 64.0 Å². The van der Waals surface area contributed by atoms with Gasteiger partial charge in [-0.15, -0.1) is 11.8 Å². The van der Waals surface area contributed by atoms with E-state index in [9.17, 15) is 0 Å².